The number of benzene rings is 1. The molecule has 116 valence electrons. The van der Waals surface area contributed by atoms with E-state index in [0.29, 0.717) is 12.6 Å². The van der Waals surface area contributed by atoms with Crippen molar-refractivity contribution >= 4 is 11.6 Å². The number of anilines is 1. The van der Waals surface area contributed by atoms with E-state index >= 15 is 0 Å². The maximum atomic E-state index is 13.9. The Balaban J connectivity index is 2.31. The lowest BCUT2D eigenvalue weighted by molar-refractivity contribution is 0.0650. The summed E-state index contributed by atoms with van der Waals surface area (Å²) >= 11 is 0. The van der Waals surface area contributed by atoms with Crippen LogP contribution in [-0.2, 0) is 0 Å². The van der Waals surface area contributed by atoms with Crippen molar-refractivity contribution in [1.82, 2.24) is 4.90 Å². The second-order valence-electron chi connectivity index (χ2n) is 6.14. The van der Waals surface area contributed by atoms with Gasteiger partial charge in [0.1, 0.15) is 11.6 Å². The SMILES string of the molecule is CC(C)CN(C(=O)c1cc(N)c(F)cc1F)C1CCCC1. The van der Waals surface area contributed by atoms with E-state index in [-0.39, 0.29) is 29.1 Å². The summed E-state index contributed by atoms with van der Waals surface area (Å²) in [6, 6.07) is 1.94. The van der Waals surface area contributed by atoms with Crippen LogP contribution in [0.25, 0.3) is 0 Å². The maximum Gasteiger partial charge on any atom is 0.257 e. The topological polar surface area (TPSA) is 46.3 Å². The molecule has 1 fully saturated rings. The zero-order valence-electron chi connectivity index (χ0n) is 12.5. The van der Waals surface area contributed by atoms with Gasteiger partial charge in [0.25, 0.3) is 5.91 Å². The van der Waals surface area contributed by atoms with Gasteiger partial charge in [-0.1, -0.05) is 26.7 Å². The van der Waals surface area contributed by atoms with Crippen LogP contribution in [0.3, 0.4) is 0 Å². The van der Waals surface area contributed by atoms with Gasteiger partial charge in [-0.25, -0.2) is 8.78 Å². The van der Waals surface area contributed by atoms with Crippen LogP contribution >= 0.6 is 0 Å². The number of hydrogen-bond acceptors (Lipinski definition) is 2. The molecule has 5 heteroatoms. The van der Waals surface area contributed by atoms with Crippen molar-refractivity contribution in [2.24, 2.45) is 5.92 Å². The first-order valence-electron chi connectivity index (χ1n) is 7.45. The molecule has 0 atom stereocenters. The molecule has 0 saturated heterocycles. The molecule has 1 aliphatic carbocycles. The van der Waals surface area contributed by atoms with Crippen molar-refractivity contribution < 1.29 is 13.6 Å². The summed E-state index contributed by atoms with van der Waals surface area (Å²) in [5, 5.41) is 0. The highest BCUT2D eigenvalue weighted by Gasteiger charge is 2.29. The summed E-state index contributed by atoms with van der Waals surface area (Å²) in [6.07, 6.45) is 4.05. The van der Waals surface area contributed by atoms with Gasteiger partial charge in [0.15, 0.2) is 0 Å². The third kappa shape index (κ3) is 3.52. The van der Waals surface area contributed by atoms with Gasteiger partial charge in [-0.3, -0.25) is 4.79 Å². The van der Waals surface area contributed by atoms with Crippen LogP contribution in [0.4, 0.5) is 14.5 Å². The summed E-state index contributed by atoms with van der Waals surface area (Å²) in [7, 11) is 0. The highest BCUT2D eigenvalue weighted by molar-refractivity contribution is 5.95. The van der Waals surface area contributed by atoms with Crippen LogP contribution in [0.2, 0.25) is 0 Å². The minimum absolute atomic E-state index is 0.138. The summed E-state index contributed by atoms with van der Waals surface area (Å²) in [5.74, 6) is -1.78. The molecule has 21 heavy (non-hydrogen) atoms. The quantitative estimate of drug-likeness (QED) is 0.863. The van der Waals surface area contributed by atoms with Gasteiger partial charge in [0.05, 0.1) is 11.3 Å². The molecule has 0 unspecified atom stereocenters. The molecule has 1 aliphatic rings. The highest BCUT2D eigenvalue weighted by Crippen LogP contribution is 2.27. The van der Waals surface area contributed by atoms with Crippen LogP contribution in [0.5, 0.6) is 0 Å². The van der Waals surface area contributed by atoms with Crippen LogP contribution < -0.4 is 5.73 Å². The lowest BCUT2D eigenvalue weighted by Gasteiger charge is -2.31. The highest BCUT2D eigenvalue weighted by atomic mass is 19.1. The smallest absolute Gasteiger partial charge is 0.257 e. The fraction of sp³-hybridized carbons (Fsp3) is 0.562. The Morgan fingerprint density at radius 3 is 2.48 bits per heavy atom. The van der Waals surface area contributed by atoms with Crippen molar-refractivity contribution in [3.8, 4) is 0 Å². The molecule has 1 saturated carbocycles. The number of halogens is 2. The Morgan fingerprint density at radius 1 is 1.29 bits per heavy atom. The zero-order valence-corrected chi connectivity index (χ0v) is 12.5. The predicted octanol–water partition coefficient (Wildman–Crippen LogP) is 3.59. The van der Waals surface area contributed by atoms with Crippen LogP contribution in [0.15, 0.2) is 12.1 Å². The van der Waals surface area contributed by atoms with Gasteiger partial charge in [-0.2, -0.15) is 0 Å². The molecule has 2 rings (SSSR count). The predicted molar refractivity (Wildman–Crippen MR) is 78.9 cm³/mol. The molecule has 1 aromatic rings. The second-order valence-corrected chi connectivity index (χ2v) is 6.14. The standard InChI is InChI=1S/C16H22F2N2O/c1-10(2)9-20(11-5-3-4-6-11)16(21)12-7-15(19)14(18)8-13(12)17/h7-8,10-11H,3-6,9,19H2,1-2H3. The van der Waals surface area contributed by atoms with Crippen molar-refractivity contribution in [1.29, 1.82) is 0 Å². The fourth-order valence-electron chi connectivity index (χ4n) is 2.89. The first-order chi connectivity index (χ1) is 9.90. The summed E-state index contributed by atoms with van der Waals surface area (Å²) in [4.78, 5) is 14.4. The van der Waals surface area contributed by atoms with Gasteiger partial charge < -0.3 is 10.6 Å². The molecule has 2 N–H and O–H groups in total. The van der Waals surface area contributed by atoms with Gasteiger partial charge in [0.2, 0.25) is 0 Å². The molecular weight excluding hydrogens is 274 g/mol. The number of amides is 1. The number of nitrogen functional groups attached to an aromatic ring is 1. The van der Waals surface area contributed by atoms with E-state index < -0.39 is 11.6 Å². The first-order valence-corrected chi connectivity index (χ1v) is 7.45. The molecule has 0 spiro atoms. The van der Waals surface area contributed by atoms with E-state index in [2.05, 4.69) is 0 Å². The van der Waals surface area contributed by atoms with Crippen molar-refractivity contribution in [2.45, 2.75) is 45.6 Å². The fourth-order valence-corrected chi connectivity index (χ4v) is 2.89. The van der Waals surface area contributed by atoms with E-state index in [0.717, 1.165) is 31.7 Å². The normalized spacial score (nSPS) is 15.7. The average molecular weight is 296 g/mol. The Kier molecular flexibility index (Phi) is 4.80. The summed E-state index contributed by atoms with van der Waals surface area (Å²) in [5.41, 5.74) is 5.13. The minimum Gasteiger partial charge on any atom is -0.396 e. The van der Waals surface area contributed by atoms with E-state index in [1.807, 2.05) is 13.8 Å². The lowest BCUT2D eigenvalue weighted by atomic mass is 10.1. The van der Waals surface area contributed by atoms with Crippen molar-refractivity contribution in [3.05, 3.63) is 29.3 Å². The Hall–Kier alpha value is -1.65. The molecule has 0 radical (unpaired) electrons. The lowest BCUT2D eigenvalue weighted by Crippen LogP contribution is -2.41. The van der Waals surface area contributed by atoms with Crippen LogP contribution in [0, 0.1) is 17.6 Å². The van der Waals surface area contributed by atoms with E-state index in [9.17, 15) is 13.6 Å². The zero-order chi connectivity index (χ0) is 15.6. The van der Waals surface area contributed by atoms with Crippen LogP contribution in [-0.4, -0.2) is 23.4 Å². The third-order valence-electron chi connectivity index (χ3n) is 3.90. The van der Waals surface area contributed by atoms with Crippen LogP contribution in [0.1, 0.15) is 49.9 Å². The summed E-state index contributed by atoms with van der Waals surface area (Å²) in [6.45, 7) is 4.61. The number of hydrogen-bond donors (Lipinski definition) is 1. The average Bonchev–Trinajstić information content (AvgIpc) is 2.93. The Labute approximate surface area is 124 Å². The first kappa shape index (κ1) is 15.7. The molecular formula is C16H22F2N2O. The molecule has 0 aromatic heterocycles. The number of carbonyl (C=O) groups excluding carboxylic acids is 1. The van der Waals surface area contributed by atoms with Gasteiger partial charge in [-0.15, -0.1) is 0 Å². The molecule has 0 heterocycles. The molecule has 1 amide bonds. The second kappa shape index (κ2) is 6.41. The van der Waals surface area contributed by atoms with Gasteiger partial charge in [-0.05, 0) is 24.8 Å². The minimum atomic E-state index is -0.849. The molecule has 0 bridgehead atoms. The van der Waals surface area contributed by atoms with E-state index in [1.54, 1.807) is 4.90 Å². The molecule has 0 aliphatic heterocycles. The number of nitrogens with zero attached hydrogens (tertiary/aromatic N) is 1. The largest absolute Gasteiger partial charge is 0.396 e. The monoisotopic (exact) mass is 296 g/mol. The van der Waals surface area contributed by atoms with E-state index in [4.69, 9.17) is 5.73 Å². The Morgan fingerprint density at radius 2 is 1.90 bits per heavy atom. The number of rotatable bonds is 4. The Bertz CT molecular complexity index is 525. The molecule has 3 nitrogen and oxygen atoms in total. The van der Waals surface area contributed by atoms with Gasteiger partial charge >= 0.3 is 0 Å². The van der Waals surface area contributed by atoms with Crippen molar-refractivity contribution in [2.75, 3.05) is 12.3 Å². The van der Waals surface area contributed by atoms with Gasteiger partial charge in [0, 0.05) is 18.7 Å². The summed E-state index contributed by atoms with van der Waals surface area (Å²) < 4.78 is 27.2. The number of carbonyl (C=O) groups is 1. The van der Waals surface area contributed by atoms with Crippen molar-refractivity contribution in [3.63, 3.8) is 0 Å². The van der Waals surface area contributed by atoms with E-state index in [1.165, 1.54) is 0 Å². The number of nitrogens with two attached hydrogens (primary N) is 1. The molecule has 1 aromatic carbocycles. The third-order valence-corrected chi connectivity index (χ3v) is 3.90. The maximum absolute atomic E-state index is 13.9.